The highest BCUT2D eigenvalue weighted by atomic mass is 35.5. The maximum Gasteiger partial charge on any atom is 0.0170 e. The summed E-state index contributed by atoms with van der Waals surface area (Å²) in [5.74, 6) is 0. The summed E-state index contributed by atoms with van der Waals surface area (Å²) in [6, 6.07) is 0. The lowest BCUT2D eigenvalue weighted by atomic mass is 9.81. The lowest BCUT2D eigenvalue weighted by Crippen LogP contribution is -2.41. The van der Waals surface area contributed by atoms with Crippen molar-refractivity contribution in [3.05, 3.63) is 21.4 Å². The molecule has 1 aromatic rings. The van der Waals surface area contributed by atoms with Crippen LogP contribution in [-0.4, -0.2) is 5.54 Å². The minimum absolute atomic E-state index is 0. The second kappa shape index (κ2) is 3.60. The van der Waals surface area contributed by atoms with Crippen molar-refractivity contribution >= 4 is 23.7 Å². The Bertz CT molecular complexity index is 304. The van der Waals surface area contributed by atoms with Crippen molar-refractivity contribution in [3.8, 4) is 0 Å². The molecule has 0 amide bonds. The van der Waals surface area contributed by atoms with Crippen LogP contribution in [0.25, 0.3) is 0 Å². The highest BCUT2D eigenvalue weighted by molar-refractivity contribution is 7.10. The molecule has 0 fully saturated rings. The van der Waals surface area contributed by atoms with Gasteiger partial charge in [-0.3, -0.25) is 0 Å². The quantitative estimate of drug-likeness (QED) is 0.711. The van der Waals surface area contributed by atoms with Gasteiger partial charge in [-0.15, -0.1) is 23.7 Å². The van der Waals surface area contributed by atoms with Crippen LogP contribution in [0.4, 0.5) is 0 Å². The number of thiophene rings is 1. The summed E-state index contributed by atoms with van der Waals surface area (Å²) in [5.41, 5.74) is 9.22. The second-order valence-corrected chi connectivity index (χ2v) is 5.21. The van der Waals surface area contributed by atoms with Crippen LogP contribution in [0.5, 0.6) is 0 Å². The van der Waals surface area contributed by atoms with Crippen LogP contribution < -0.4 is 5.73 Å². The van der Waals surface area contributed by atoms with Crippen LogP contribution >= 0.6 is 23.7 Å². The zero-order chi connectivity index (χ0) is 8.77. The first-order chi connectivity index (χ1) is 5.58. The van der Waals surface area contributed by atoms with Gasteiger partial charge in [0.1, 0.15) is 0 Å². The fraction of sp³-hybridized carbons (Fsp3) is 0.600. The van der Waals surface area contributed by atoms with E-state index in [1.807, 2.05) is 11.3 Å². The number of fused-ring (bicyclic) bond motifs is 1. The summed E-state index contributed by atoms with van der Waals surface area (Å²) < 4.78 is 0. The molecule has 2 rings (SSSR count). The fourth-order valence-corrected chi connectivity index (χ4v) is 2.87. The van der Waals surface area contributed by atoms with Crippen LogP contribution in [-0.2, 0) is 12.8 Å². The molecular weight excluding hydrogens is 202 g/mol. The Balaban J connectivity index is 0.000000845. The first-order valence-electron chi connectivity index (χ1n) is 4.43. The van der Waals surface area contributed by atoms with E-state index in [2.05, 4.69) is 19.2 Å². The highest BCUT2D eigenvalue weighted by Crippen LogP contribution is 2.32. The van der Waals surface area contributed by atoms with E-state index in [4.69, 9.17) is 5.73 Å². The number of hydrogen-bond donors (Lipinski definition) is 1. The fourth-order valence-electron chi connectivity index (χ4n) is 1.95. The van der Waals surface area contributed by atoms with Gasteiger partial charge in [0.15, 0.2) is 0 Å². The van der Waals surface area contributed by atoms with E-state index in [1.165, 1.54) is 16.9 Å². The maximum absolute atomic E-state index is 6.11. The Labute approximate surface area is 89.7 Å². The Morgan fingerprint density at radius 1 is 1.54 bits per heavy atom. The van der Waals surface area contributed by atoms with Crippen LogP contribution in [0.3, 0.4) is 0 Å². The molecule has 1 nitrogen and oxygen atoms in total. The van der Waals surface area contributed by atoms with Gasteiger partial charge in [0.2, 0.25) is 0 Å². The van der Waals surface area contributed by atoms with Gasteiger partial charge in [-0.2, -0.15) is 0 Å². The number of aryl methyl sites for hydroxylation is 1. The molecule has 0 radical (unpaired) electrons. The van der Waals surface area contributed by atoms with Gasteiger partial charge >= 0.3 is 0 Å². The largest absolute Gasteiger partial charge is 0.325 e. The third-order valence-corrected chi connectivity index (χ3v) is 3.73. The predicted molar refractivity (Wildman–Crippen MR) is 60.9 cm³/mol. The molecule has 13 heavy (non-hydrogen) atoms. The Kier molecular flexibility index (Phi) is 3.05. The molecule has 1 atom stereocenters. The number of hydrogen-bond acceptors (Lipinski definition) is 2. The Morgan fingerprint density at radius 2 is 2.23 bits per heavy atom. The molecule has 1 aromatic heterocycles. The summed E-state index contributed by atoms with van der Waals surface area (Å²) in [7, 11) is 0. The lowest BCUT2D eigenvalue weighted by Gasteiger charge is -2.29. The zero-order valence-corrected chi connectivity index (χ0v) is 9.73. The van der Waals surface area contributed by atoms with Crippen molar-refractivity contribution in [3.63, 3.8) is 0 Å². The average Bonchev–Trinajstić information content (AvgIpc) is 2.30. The third-order valence-electron chi connectivity index (χ3n) is 2.73. The van der Waals surface area contributed by atoms with Gasteiger partial charge in [0.25, 0.3) is 0 Å². The molecule has 0 spiro atoms. The minimum atomic E-state index is 0. The van der Waals surface area contributed by atoms with Gasteiger partial charge in [-0.25, -0.2) is 0 Å². The number of nitrogens with two attached hydrogens (primary N) is 1. The van der Waals surface area contributed by atoms with Crippen LogP contribution in [0.1, 0.15) is 29.3 Å². The zero-order valence-electron chi connectivity index (χ0n) is 8.09. The number of halogens is 1. The van der Waals surface area contributed by atoms with Gasteiger partial charge in [0, 0.05) is 10.4 Å². The first-order valence-corrected chi connectivity index (χ1v) is 5.31. The third kappa shape index (κ3) is 2.06. The Morgan fingerprint density at radius 3 is 2.92 bits per heavy atom. The van der Waals surface area contributed by atoms with Crippen molar-refractivity contribution in [1.82, 2.24) is 0 Å². The maximum atomic E-state index is 6.11. The van der Waals surface area contributed by atoms with E-state index in [9.17, 15) is 0 Å². The van der Waals surface area contributed by atoms with Crippen molar-refractivity contribution < 1.29 is 0 Å². The lowest BCUT2D eigenvalue weighted by molar-refractivity contribution is 0.409. The standard InChI is InChI=1S/C10H15NS.ClH/c1-7-9-3-4-10(2,11)5-8(9)6-12-7;/h6H,3-5,11H2,1-2H3;1H. The molecule has 0 aromatic carbocycles. The molecule has 1 heterocycles. The highest BCUT2D eigenvalue weighted by Gasteiger charge is 2.26. The molecule has 1 aliphatic carbocycles. The summed E-state index contributed by atoms with van der Waals surface area (Å²) in [6.45, 7) is 4.37. The molecule has 0 bridgehead atoms. The molecule has 1 aliphatic rings. The predicted octanol–water partition coefficient (Wildman–Crippen LogP) is 2.68. The van der Waals surface area contributed by atoms with Crippen LogP contribution in [0.15, 0.2) is 5.38 Å². The SMILES string of the molecule is Cc1scc2c1CCC(C)(N)C2.Cl. The molecular formula is C10H16ClNS. The van der Waals surface area contributed by atoms with E-state index in [-0.39, 0.29) is 17.9 Å². The van der Waals surface area contributed by atoms with Crippen molar-refractivity contribution in [2.75, 3.05) is 0 Å². The number of rotatable bonds is 0. The van der Waals surface area contributed by atoms with Gasteiger partial charge in [0.05, 0.1) is 0 Å². The van der Waals surface area contributed by atoms with Crippen LogP contribution in [0, 0.1) is 6.92 Å². The second-order valence-electron chi connectivity index (χ2n) is 4.13. The van der Waals surface area contributed by atoms with E-state index < -0.39 is 0 Å². The Hall–Kier alpha value is -0.0500. The first kappa shape index (κ1) is 11.0. The van der Waals surface area contributed by atoms with E-state index in [1.54, 1.807) is 5.56 Å². The van der Waals surface area contributed by atoms with Gasteiger partial charge < -0.3 is 5.73 Å². The molecule has 3 heteroatoms. The van der Waals surface area contributed by atoms with E-state index in [0.717, 1.165) is 12.8 Å². The van der Waals surface area contributed by atoms with E-state index >= 15 is 0 Å². The monoisotopic (exact) mass is 217 g/mol. The van der Waals surface area contributed by atoms with E-state index in [0.29, 0.717) is 0 Å². The molecule has 74 valence electrons. The molecule has 1 unspecified atom stereocenters. The summed E-state index contributed by atoms with van der Waals surface area (Å²) in [5, 5.41) is 2.27. The summed E-state index contributed by atoms with van der Waals surface area (Å²) >= 11 is 1.87. The van der Waals surface area contributed by atoms with Gasteiger partial charge in [-0.05, 0) is 49.6 Å². The van der Waals surface area contributed by atoms with Crippen molar-refractivity contribution in [1.29, 1.82) is 0 Å². The van der Waals surface area contributed by atoms with Gasteiger partial charge in [-0.1, -0.05) is 0 Å². The molecule has 0 saturated carbocycles. The summed E-state index contributed by atoms with van der Waals surface area (Å²) in [4.78, 5) is 1.49. The smallest absolute Gasteiger partial charge is 0.0170 e. The molecule has 0 aliphatic heterocycles. The average molecular weight is 218 g/mol. The van der Waals surface area contributed by atoms with Crippen LogP contribution in [0.2, 0.25) is 0 Å². The normalized spacial score (nSPS) is 26.4. The minimum Gasteiger partial charge on any atom is -0.325 e. The molecule has 0 saturated heterocycles. The molecule has 2 N–H and O–H groups in total. The summed E-state index contributed by atoms with van der Waals surface area (Å²) in [6.07, 6.45) is 3.38. The van der Waals surface area contributed by atoms with Crippen molar-refractivity contribution in [2.45, 2.75) is 38.6 Å². The topological polar surface area (TPSA) is 26.0 Å². The van der Waals surface area contributed by atoms with Crippen molar-refractivity contribution in [2.24, 2.45) is 5.73 Å².